The molecule has 1 aliphatic rings. The summed E-state index contributed by atoms with van der Waals surface area (Å²) in [7, 11) is 0. The molecular formula is C19H20ClNO3. The third-order valence-corrected chi connectivity index (χ3v) is 4.03. The Balaban J connectivity index is 2.05. The van der Waals surface area contributed by atoms with Crippen LogP contribution in [0.25, 0.3) is 0 Å². The van der Waals surface area contributed by atoms with Crippen LogP contribution in [-0.2, 0) is 4.74 Å². The Kier molecular flexibility index (Phi) is 4.41. The first-order valence-corrected chi connectivity index (χ1v) is 8.23. The summed E-state index contributed by atoms with van der Waals surface area (Å²) in [6, 6.07) is 14.6. The van der Waals surface area contributed by atoms with Crippen LogP contribution >= 0.6 is 11.6 Å². The van der Waals surface area contributed by atoms with Crippen molar-refractivity contribution >= 4 is 23.4 Å². The normalized spacial score (nSPS) is 17.0. The summed E-state index contributed by atoms with van der Waals surface area (Å²) in [6.07, 6.45) is -0.414. The molecule has 3 rings (SSSR count). The number of amides is 1. The van der Waals surface area contributed by atoms with E-state index in [1.54, 1.807) is 4.90 Å². The van der Waals surface area contributed by atoms with Gasteiger partial charge in [-0.05, 0) is 44.5 Å². The number of ether oxygens (including phenoxy) is 2. The summed E-state index contributed by atoms with van der Waals surface area (Å²) in [6.45, 7) is 5.87. The van der Waals surface area contributed by atoms with E-state index in [1.807, 2.05) is 69.3 Å². The van der Waals surface area contributed by atoms with E-state index >= 15 is 0 Å². The topological polar surface area (TPSA) is 38.8 Å². The molecule has 2 aromatic carbocycles. The number of benzene rings is 2. The van der Waals surface area contributed by atoms with Crippen molar-refractivity contribution in [3.8, 4) is 5.75 Å². The SMILES string of the molecule is CC(C)(C)OC(=O)N1c2ccccc2OC[C@H]1c1ccccc1Cl. The summed E-state index contributed by atoms with van der Waals surface area (Å²) in [4.78, 5) is 14.5. The number of rotatable bonds is 1. The van der Waals surface area contributed by atoms with Crippen molar-refractivity contribution in [1.29, 1.82) is 0 Å². The quantitative estimate of drug-likeness (QED) is 0.711. The van der Waals surface area contributed by atoms with Crippen LogP contribution in [0, 0.1) is 0 Å². The molecule has 0 saturated heterocycles. The molecule has 24 heavy (non-hydrogen) atoms. The maximum atomic E-state index is 12.9. The minimum absolute atomic E-state index is 0.319. The van der Waals surface area contributed by atoms with Gasteiger partial charge in [0.1, 0.15) is 24.0 Å². The lowest BCUT2D eigenvalue weighted by Crippen LogP contribution is -2.44. The summed E-state index contributed by atoms with van der Waals surface area (Å²) in [5.74, 6) is 0.659. The fourth-order valence-electron chi connectivity index (χ4n) is 2.70. The van der Waals surface area contributed by atoms with E-state index in [0.717, 1.165) is 5.56 Å². The molecule has 126 valence electrons. The van der Waals surface area contributed by atoms with Crippen molar-refractivity contribution in [2.24, 2.45) is 0 Å². The van der Waals surface area contributed by atoms with Gasteiger partial charge in [0, 0.05) is 5.02 Å². The van der Waals surface area contributed by atoms with E-state index in [1.165, 1.54) is 0 Å². The smallest absolute Gasteiger partial charge is 0.415 e. The van der Waals surface area contributed by atoms with Gasteiger partial charge >= 0.3 is 6.09 Å². The monoisotopic (exact) mass is 345 g/mol. The molecule has 0 aromatic heterocycles. The van der Waals surface area contributed by atoms with Crippen LogP contribution in [0.4, 0.5) is 10.5 Å². The third kappa shape index (κ3) is 3.34. The molecule has 1 aliphatic heterocycles. The highest BCUT2D eigenvalue weighted by Gasteiger charge is 2.36. The number of anilines is 1. The highest BCUT2D eigenvalue weighted by Crippen LogP contribution is 2.41. The third-order valence-electron chi connectivity index (χ3n) is 3.69. The number of hydrogen-bond donors (Lipinski definition) is 0. The number of halogens is 1. The predicted molar refractivity (Wildman–Crippen MR) is 94.8 cm³/mol. The second kappa shape index (κ2) is 6.36. The van der Waals surface area contributed by atoms with Gasteiger partial charge in [-0.15, -0.1) is 0 Å². The second-order valence-electron chi connectivity index (χ2n) is 6.67. The first-order chi connectivity index (χ1) is 11.4. The standard InChI is InChI=1S/C19H20ClNO3/c1-19(2,3)24-18(22)21-15-10-6-7-11-17(15)23-12-16(21)13-8-4-5-9-14(13)20/h4-11,16H,12H2,1-3H3/t16-/m0/s1. The van der Waals surface area contributed by atoms with Gasteiger partial charge in [-0.1, -0.05) is 41.9 Å². The van der Waals surface area contributed by atoms with Crippen LogP contribution in [0.2, 0.25) is 5.02 Å². The first kappa shape index (κ1) is 16.7. The lowest BCUT2D eigenvalue weighted by atomic mass is 10.0. The Bertz CT molecular complexity index is 754. The van der Waals surface area contributed by atoms with Crippen LogP contribution in [0.5, 0.6) is 5.75 Å². The molecule has 0 saturated carbocycles. The Morgan fingerprint density at radius 3 is 2.54 bits per heavy atom. The van der Waals surface area contributed by atoms with Gasteiger partial charge < -0.3 is 9.47 Å². The van der Waals surface area contributed by atoms with Gasteiger partial charge in [-0.3, -0.25) is 4.90 Å². The van der Waals surface area contributed by atoms with E-state index in [-0.39, 0.29) is 6.04 Å². The number of carbonyl (C=O) groups excluding carboxylic acids is 1. The highest BCUT2D eigenvalue weighted by atomic mass is 35.5. The van der Waals surface area contributed by atoms with Crippen LogP contribution in [0.3, 0.4) is 0 Å². The Hall–Kier alpha value is -2.20. The number of fused-ring (bicyclic) bond motifs is 1. The molecule has 0 fully saturated rings. The minimum Gasteiger partial charge on any atom is -0.489 e. The Morgan fingerprint density at radius 2 is 1.83 bits per heavy atom. The fraction of sp³-hybridized carbons (Fsp3) is 0.316. The van der Waals surface area contributed by atoms with Gasteiger partial charge in [0.25, 0.3) is 0 Å². The molecule has 0 bridgehead atoms. The number of nitrogens with zero attached hydrogens (tertiary/aromatic N) is 1. The molecule has 2 aromatic rings. The molecule has 1 atom stereocenters. The first-order valence-electron chi connectivity index (χ1n) is 7.85. The molecule has 0 N–H and O–H groups in total. The van der Waals surface area contributed by atoms with Gasteiger partial charge in [0.05, 0.1) is 5.69 Å². The van der Waals surface area contributed by atoms with Gasteiger partial charge in [0.15, 0.2) is 0 Å². The lowest BCUT2D eigenvalue weighted by molar-refractivity contribution is 0.0542. The van der Waals surface area contributed by atoms with Crippen LogP contribution < -0.4 is 9.64 Å². The van der Waals surface area contributed by atoms with Crippen LogP contribution in [0.15, 0.2) is 48.5 Å². The van der Waals surface area contributed by atoms with Gasteiger partial charge in [0.2, 0.25) is 0 Å². The van der Waals surface area contributed by atoms with E-state index in [9.17, 15) is 4.79 Å². The van der Waals surface area contributed by atoms with Gasteiger partial charge in [-0.25, -0.2) is 4.79 Å². The van der Waals surface area contributed by atoms with Crippen LogP contribution in [-0.4, -0.2) is 18.3 Å². The molecule has 1 heterocycles. The minimum atomic E-state index is -0.588. The van der Waals surface area contributed by atoms with E-state index < -0.39 is 11.7 Å². The average molecular weight is 346 g/mol. The maximum Gasteiger partial charge on any atom is 0.415 e. The summed E-state index contributed by atoms with van der Waals surface area (Å²) < 4.78 is 11.5. The largest absolute Gasteiger partial charge is 0.489 e. The molecule has 0 unspecified atom stereocenters. The fourth-order valence-corrected chi connectivity index (χ4v) is 2.96. The maximum absolute atomic E-state index is 12.9. The lowest BCUT2D eigenvalue weighted by Gasteiger charge is -2.38. The van der Waals surface area contributed by atoms with Crippen molar-refractivity contribution in [1.82, 2.24) is 0 Å². The number of hydrogen-bond acceptors (Lipinski definition) is 3. The van der Waals surface area contributed by atoms with Crippen molar-refractivity contribution in [3.63, 3.8) is 0 Å². The molecular weight excluding hydrogens is 326 g/mol. The van der Waals surface area contributed by atoms with E-state index in [2.05, 4.69) is 0 Å². The number of carbonyl (C=O) groups is 1. The zero-order valence-electron chi connectivity index (χ0n) is 14.0. The average Bonchev–Trinajstić information content (AvgIpc) is 2.52. The second-order valence-corrected chi connectivity index (χ2v) is 7.07. The molecule has 0 radical (unpaired) electrons. The summed E-state index contributed by atoms with van der Waals surface area (Å²) in [5, 5.41) is 0.596. The van der Waals surface area contributed by atoms with Gasteiger partial charge in [-0.2, -0.15) is 0 Å². The molecule has 5 heteroatoms. The molecule has 1 amide bonds. The number of para-hydroxylation sites is 2. The van der Waals surface area contributed by atoms with E-state index in [0.29, 0.717) is 23.1 Å². The van der Waals surface area contributed by atoms with Crippen molar-refractivity contribution < 1.29 is 14.3 Å². The Labute approximate surface area is 146 Å². The highest BCUT2D eigenvalue weighted by molar-refractivity contribution is 6.31. The summed E-state index contributed by atoms with van der Waals surface area (Å²) >= 11 is 6.35. The van der Waals surface area contributed by atoms with Crippen molar-refractivity contribution in [3.05, 3.63) is 59.1 Å². The molecule has 4 nitrogen and oxygen atoms in total. The van der Waals surface area contributed by atoms with Crippen molar-refractivity contribution in [2.75, 3.05) is 11.5 Å². The predicted octanol–water partition coefficient (Wildman–Crippen LogP) is 5.22. The van der Waals surface area contributed by atoms with Crippen molar-refractivity contribution in [2.45, 2.75) is 32.4 Å². The molecule has 0 spiro atoms. The van der Waals surface area contributed by atoms with E-state index in [4.69, 9.17) is 21.1 Å². The zero-order valence-corrected chi connectivity index (χ0v) is 14.7. The summed E-state index contributed by atoms with van der Waals surface area (Å²) in [5.41, 5.74) is 0.928. The Morgan fingerprint density at radius 1 is 1.17 bits per heavy atom. The zero-order chi connectivity index (χ0) is 17.3. The molecule has 0 aliphatic carbocycles. The van der Waals surface area contributed by atoms with Crippen LogP contribution in [0.1, 0.15) is 32.4 Å².